The average Bonchev–Trinajstić information content (AvgIpc) is 2.92. The van der Waals surface area contributed by atoms with Gasteiger partial charge in [-0.2, -0.15) is 5.21 Å². The highest BCUT2D eigenvalue weighted by molar-refractivity contribution is 5.99. The van der Waals surface area contributed by atoms with E-state index in [9.17, 15) is 4.79 Å². The largest absolute Gasteiger partial charge is 0.342 e. The number of amides is 1. The van der Waals surface area contributed by atoms with E-state index in [-0.39, 0.29) is 11.9 Å². The van der Waals surface area contributed by atoms with E-state index >= 15 is 0 Å². The Bertz CT molecular complexity index is 567. The van der Waals surface area contributed by atoms with E-state index < -0.39 is 0 Å². The Balaban J connectivity index is 2.16. The van der Waals surface area contributed by atoms with Crippen LogP contribution in [0.3, 0.4) is 0 Å². The van der Waals surface area contributed by atoms with Crippen LogP contribution in [-0.4, -0.2) is 31.5 Å². The van der Waals surface area contributed by atoms with Gasteiger partial charge < -0.3 is 10.7 Å². The molecular weight excluding hydrogens is 248 g/mol. The van der Waals surface area contributed by atoms with Gasteiger partial charge in [0.15, 0.2) is 5.82 Å². The number of nitrogen functional groups attached to an aromatic ring is 1. The van der Waals surface area contributed by atoms with Gasteiger partial charge in [0.25, 0.3) is 5.91 Å². The molecule has 0 saturated carbocycles. The molecule has 0 spiro atoms. The minimum atomic E-state index is -0.377. The molecule has 1 atom stereocenters. The van der Waals surface area contributed by atoms with Crippen molar-refractivity contribution in [1.29, 1.82) is 0 Å². The zero-order chi connectivity index (χ0) is 13.8. The number of H-pyrrole nitrogens is 1. The van der Waals surface area contributed by atoms with Crippen molar-refractivity contribution < 1.29 is 4.79 Å². The van der Waals surface area contributed by atoms with E-state index in [1.165, 1.54) is 6.20 Å². The molecule has 19 heavy (non-hydrogen) atoms. The molecule has 0 aromatic carbocycles. The minimum absolute atomic E-state index is 0.322. The predicted molar refractivity (Wildman–Crippen MR) is 66.8 cm³/mol. The van der Waals surface area contributed by atoms with Crippen molar-refractivity contribution in [3.63, 3.8) is 0 Å². The summed E-state index contributed by atoms with van der Waals surface area (Å²) in [7, 11) is 0. The van der Waals surface area contributed by atoms with Gasteiger partial charge in [-0.3, -0.25) is 15.6 Å². The number of aromatic amines is 1. The molecule has 100 valence electrons. The molecule has 1 unspecified atom stereocenters. The van der Waals surface area contributed by atoms with Gasteiger partial charge in [0.05, 0.1) is 17.3 Å². The number of hydrazine groups is 1. The predicted octanol–water partition coefficient (Wildman–Crippen LogP) is -0.320. The molecule has 0 radical (unpaired) electrons. The molecule has 2 aromatic heterocycles. The quantitative estimate of drug-likeness (QED) is 0.438. The lowest BCUT2D eigenvalue weighted by Crippen LogP contribution is -2.29. The maximum absolute atomic E-state index is 12.1. The van der Waals surface area contributed by atoms with Crippen molar-refractivity contribution in [2.75, 3.05) is 5.43 Å². The Morgan fingerprint density at radius 1 is 1.53 bits per heavy atom. The Labute approximate surface area is 109 Å². The van der Waals surface area contributed by atoms with Crippen LogP contribution in [0.1, 0.15) is 34.8 Å². The molecule has 1 amide bonds. The van der Waals surface area contributed by atoms with Gasteiger partial charge in [0, 0.05) is 11.9 Å². The molecule has 0 aliphatic heterocycles. The maximum atomic E-state index is 12.1. The maximum Gasteiger partial charge on any atom is 0.255 e. The lowest BCUT2D eigenvalue weighted by Gasteiger charge is -2.12. The van der Waals surface area contributed by atoms with Gasteiger partial charge in [-0.05, 0) is 19.9 Å². The Morgan fingerprint density at radius 3 is 2.95 bits per heavy atom. The number of nitrogens with zero attached hydrogens (tertiary/aromatic N) is 4. The number of rotatable bonds is 4. The zero-order valence-corrected chi connectivity index (χ0v) is 10.5. The number of carbonyl (C=O) groups excluding carboxylic acids is 1. The van der Waals surface area contributed by atoms with Gasteiger partial charge in [0.1, 0.15) is 0 Å². The summed E-state index contributed by atoms with van der Waals surface area (Å²) in [6.45, 7) is 3.56. The molecule has 2 aromatic rings. The summed E-state index contributed by atoms with van der Waals surface area (Å²) >= 11 is 0. The van der Waals surface area contributed by atoms with E-state index in [0.29, 0.717) is 17.1 Å². The monoisotopic (exact) mass is 262 g/mol. The summed E-state index contributed by atoms with van der Waals surface area (Å²) < 4.78 is 0. The summed E-state index contributed by atoms with van der Waals surface area (Å²) in [5, 5.41) is 16.1. The third-order valence-electron chi connectivity index (χ3n) is 2.54. The van der Waals surface area contributed by atoms with Crippen LogP contribution in [0, 0.1) is 6.92 Å². The SMILES string of the molecule is Cc1cc(NN)c(C(=O)NC(C)c2nn[nH]n2)cn1. The van der Waals surface area contributed by atoms with E-state index in [0.717, 1.165) is 5.69 Å². The fourth-order valence-electron chi connectivity index (χ4n) is 1.55. The first-order valence-electron chi connectivity index (χ1n) is 5.59. The number of nitrogens with two attached hydrogens (primary N) is 1. The Hall–Kier alpha value is -2.55. The van der Waals surface area contributed by atoms with Gasteiger partial charge in [-0.15, -0.1) is 10.2 Å². The van der Waals surface area contributed by atoms with Crippen LogP contribution in [0.25, 0.3) is 0 Å². The van der Waals surface area contributed by atoms with Crippen molar-refractivity contribution in [2.45, 2.75) is 19.9 Å². The number of tetrazole rings is 1. The molecule has 9 heteroatoms. The highest BCUT2D eigenvalue weighted by atomic mass is 16.1. The fourth-order valence-corrected chi connectivity index (χ4v) is 1.55. The fraction of sp³-hybridized carbons (Fsp3) is 0.300. The molecule has 0 fully saturated rings. The van der Waals surface area contributed by atoms with Crippen molar-refractivity contribution in [3.8, 4) is 0 Å². The van der Waals surface area contributed by atoms with Crippen LogP contribution in [0.2, 0.25) is 0 Å². The second-order valence-electron chi connectivity index (χ2n) is 3.98. The van der Waals surface area contributed by atoms with E-state index in [1.807, 2.05) is 6.92 Å². The third-order valence-corrected chi connectivity index (χ3v) is 2.54. The van der Waals surface area contributed by atoms with Crippen molar-refractivity contribution >= 4 is 11.6 Å². The number of aromatic nitrogens is 5. The summed E-state index contributed by atoms with van der Waals surface area (Å²) in [5.41, 5.74) is 4.09. The lowest BCUT2D eigenvalue weighted by molar-refractivity contribution is 0.0938. The first-order valence-corrected chi connectivity index (χ1v) is 5.59. The van der Waals surface area contributed by atoms with Crippen LogP contribution in [0.4, 0.5) is 5.69 Å². The van der Waals surface area contributed by atoms with Crippen LogP contribution in [-0.2, 0) is 0 Å². The van der Waals surface area contributed by atoms with Crippen molar-refractivity contribution in [1.82, 2.24) is 30.9 Å². The highest BCUT2D eigenvalue weighted by Crippen LogP contribution is 2.15. The second kappa shape index (κ2) is 5.40. The molecule has 0 aliphatic rings. The number of nitrogens with one attached hydrogen (secondary N) is 3. The van der Waals surface area contributed by atoms with Gasteiger partial charge in [0.2, 0.25) is 0 Å². The number of hydrogen-bond donors (Lipinski definition) is 4. The van der Waals surface area contributed by atoms with Crippen molar-refractivity contribution in [3.05, 3.63) is 29.3 Å². The normalized spacial score (nSPS) is 11.9. The van der Waals surface area contributed by atoms with Crippen LogP contribution in [0.15, 0.2) is 12.3 Å². The van der Waals surface area contributed by atoms with Gasteiger partial charge in [-0.25, -0.2) is 0 Å². The molecular formula is C10H14N8O. The Morgan fingerprint density at radius 2 is 2.32 bits per heavy atom. The number of pyridine rings is 1. The number of hydrogen-bond acceptors (Lipinski definition) is 7. The van der Waals surface area contributed by atoms with Gasteiger partial charge in [-0.1, -0.05) is 5.21 Å². The highest BCUT2D eigenvalue weighted by Gasteiger charge is 2.17. The number of anilines is 1. The summed E-state index contributed by atoms with van der Waals surface area (Å²) in [6.07, 6.45) is 1.46. The van der Waals surface area contributed by atoms with E-state index in [4.69, 9.17) is 5.84 Å². The second-order valence-corrected chi connectivity index (χ2v) is 3.98. The molecule has 0 bridgehead atoms. The van der Waals surface area contributed by atoms with Crippen LogP contribution < -0.4 is 16.6 Å². The summed E-state index contributed by atoms with van der Waals surface area (Å²) in [4.78, 5) is 16.2. The van der Waals surface area contributed by atoms with Crippen molar-refractivity contribution in [2.24, 2.45) is 5.84 Å². The van der Waals surface area contributed by atoms with Gasteiger partial charge >= 0.3 is 0 Å². The minimum Gasteiger partial charge on any atom is -0.342 e. The molecule has 9 nitrogen and oxygen atoms in total. The third kappa shape index (κ3) is 2.83. The topological polar surface area (TPSA) is 134 Å². The Kier molecular flexibility index (Phi) is 3.66. The smallest absolute Gasteiger partial charge is 0.255 e. The first kappa shape index (κ1) is 12.9. The molecule has 2 rings (SSSR count). The standard InChI is InChI=1S/C10H14N8O/c1-5-3-8(14-11)7(4-12-5)10(19)13-6(2)9-15-17-18-16-9/h3-4,6H,11H2,1-2H3,(H,12,14)(H,13,19)(H,15,16,17,18). The zero-order valence-electron chi connectivity index (χ0n) is 10.5. The first-order chi connectivity index (χ1) is 9.11. The molecule has 0 aliphatic carbocycles. The summed E-state index contributed by atoms with van der Waals surface area (Å²) in [6, 6.07) is 1.31. The van der Waals surface area contributed by atoms with Crippen LogP contribution in [0.5, 0.6) is 0 Å². The average molecular weight is 262 g/mol. The summed E-state index contributed by atoms with van der Waals surface area (Å²) in [5.74, 6) is 5.46. The van der Waals surface area contributed by atoms with E-state index in [1.54, 1.807) is 13.0 Å². The molecule has 2 heterocycles. The lowest BCUT2D eigenvalue weighted by atomic mass is 10.2. The van der Waals surface area contributed by atoms with Crippen LogP contribution >= 0.6 is 0 Å². The number of aryl methyl sites for hydroxylation is 1. The number of carbonyl (C=O) groups is 1. The van der Waals surface area contributed by atoms with E-state index in [2.05, 4.69) is 36.4 Å². The molecule has 5 N–H and O–H groups in total. The molecule has 0 saturated heterocycles.